The van der Waals surface area contributed by atoms with E-state index in [0.29, 0.717) is 18.2 Å². The molecule has 1 heterocycles. The molecule has 1 aliphatic heterocycles. The van der Waals surface area contributed by atoms with Gasteiger partial charge in [-0.2, -0.15) is 13.2 Å². The second-order valence-electron chi connectivity index (χ2n) is 5.10. The molecule has 1 aromatic carbocycles. The zero-order valence-corrected chi connectivity index (χ0v) is 11.8. The minimum Gasteiger partial charge on any atom is -0.504 e. The number of rotatable bonds is 1. The van der Waals surface area contributed by atoms with Crippen molar-refractivity contribution in [1.29, 1.82) is 0 Å². The normalized spacial score (nSPS) is 17.6. The molecule has 23 heavy (non-hydrogen) atoms. The van der Waals surface area contributed by atoms with Gasteiger partial charge in [-0.05, 0) is 12.1 Å². The van der Waals surface area contributed by atoms with Gasteiger partial charge in [0, 0.05) is 19.4 Å². The van der Waals surface area contributed by atoms with Gasteiger partial charge in [0.05, 0.1) is 5.56 Å². The van der Waals surface area contributed by atoms with E-state index in [0.717, 1.165) is 0 Å². The Morgan fingerprint density at radius 1 is 1.13 bits per heavy atom. The number of halogens is 4. The fourth-order valence-electron chi connectivity index (χ4n) is 1.85. The summed E-state index contributed by atoms with van der Waals surface area (Å²) in [6.45, 7) is 2.60. The van der Waals surface area contributed by atoms with Gasteiger partial charge in [0.1, 0.15) is 5.57 Å². The number of phenolic OH excluding ortho intramolecular Hbond substituents is 1. The summed E-state index contributed by atoms with van der Waals surface area (Å²) in [7, 11) is 0. The van der Waals surface area contributed by atoms with Crippen LogP contribution in [0.5, 0.6) is 5.75 Å². The van der Waals surface area contributed by atoms with E-state index in [1.54, 1.807) is 0 Å². The van der Waals surface area contributed by atoms with E-state index in [1.807, 2.05) is 0 Å². The van der Waals surface area contributed by atoms with Crippen LogP contribution in [0, 0.1) is 5.82 Å². The SMILES string of the molecule is CC1(C)OC(=O)C(=Cc2ccc(C(F)(F)F)c(F)c2O)C(=O)O1. The van der Waals surface area contributed by atoms with Crippen molar-refractivity contribution < 1.29 is 41.7 Å². The third-order valence-corrected chi connectivity index (χ3v) is 2.87. The van der Waals surface area contributed by atoms with Crippen LogP contribution in [0.4, 0.5) is 17.6 Å². The third-order valence-electron chi connectivity index (χ3n) is 2.87. The molecule has 0 aromatic heterocycles. The monoisotopic (exact) mass is 334 g/mol. The lowest BCUT2D eigenvalue weighted by Gasteiger charge is -2.29. The number of aromatic hydroxyl groups is 1. The van der Waals surface area contributed by atoms with Crippen LogP contribution >= 0.6 is 0 Å². The van der Waals surface area contributed by atoms with Crippen molar-refractivity contribution in [3.8, 4) is 5.75 Å². The van der Waals surface area contributed by atoms with Crippen LogP contribution < -0.4 is 0 Å². The molecule has 0 atom stereocenters. The molecule has 1 fully saturated rings. The van der Waals surface area contributed by atoms with Crippen molar-refractivity contribution in [2.24, 2.45) is 0 Å². The van der Waals surface area contributed by atoms with E-state index in [9.17, 15) is 32.3 Å². The zero-order chi connectivity index (χ0) is 17.6. The van der Waals surface area contributed by atoms with E-state index in [-0.39, 0.29) is 0 Å². The van der Waals surface area contributed by atoms with Crippen molar-refractivity contribution in [3.63, 3.8) is 0 Å². The highest BCUT2D eigenvalue weighted by molar-refractivity contribution is 6.19. The number of hydrogen-bond acceptors (Lipinski definition) is 5. The summed E-state index contributed by atoms with van der Waals surface area (Å²) >= 11 is 0. The van der Waals surface area contributed by atoms with Crippen LogP contribution in [-0.4, -0.2) is 22.8 Å². The topological polar surface area (TPSA) is 72.8 Å². The Morgan fingerprint density at radius 3 is 2.13 bits per heavy atom. The number of hydrogen-bond donors (Lipinski definition) is 1. The Balaban J connectivity index is 2.46. The lowest BCUT2D eigenvalue weighted by atomic mass is 10.1. The number of carbonyl (C=O) groups is 2. The summed E-state index contributed by atoms with van der Waals surface area (Å²) in [5, 5.41) is 9.52. The van der Waals surface area contributed by atoms with Crippen LogP contribution in [0.25, 0.3) is 6.08 Å². The number of carbonyl (C=O) groups excluding carboxylic acids is 2. The van der Waals surface area contributed by atoms with Crippen LogP contribution in [0.3, 0.4) is 0 Å². The molecule has 1 N–H and O–H groups in total. The Hall–Kier alpha value is -2.58. The molecule has 0 bridgehead atoms. The van der Waals surface area contributed by atoms with Gasteiger partial charge >= 0.3 is 18.1 Å². The summed E-state index contributed by atoms with van der Waals surface area (Å²) in [4.78, 5) is 23.4. The first kappa shape index (κ1) is 16.8. The van der Waals surface area contributed by atoms with Crippen LogP contribution in [0.15, 0.2) is 17.7 Å². The number of cyclic esters (lactones) is 2. The minimum absolute atomic E-state index is 0.380. The van der Waals surface area contributed by atoms with Gasteiger partial charge in [-0.15, -0.1) is 0 Å². The van der Waals surface area contributed by atoms with Crippen LogP contribution in [-0.2, 0) is 25.2 Å². The van der Waals surface area contributed by atoms with Crippen molar-refractivity contribution in [1.82, 2.24) is 0 Å². The molecule has 0 spiro atoms. The molecule has 9 heteroatoms. The first-order valence-corrected chi connectivity index (χ1v) is 6.19. The smallest absolute Gasteiger partial charge is 0.419 e. The molecule has 1 saturated heterocycles. The van der Waals surface area contributed by atoms with Crippen molar-refractivity contribution in [2.45, 2.75) is 25.8 Å². The maximum absolute atomic E-state index is 13.6. The molecule has 2 rings (SSSR count). The first-order valence-electron chi connectivity index (χ1n) is 6.19. The van der Waals surface area contributed by atoms with Crippen molar-refractivity contribution in [2.75, 3.05) is 0 Å². The maximum Gasteiger partial charge on any atom is 0.419 e. The minimum atomic E-state index is -5.00. The molecule has 0 aliphatic carbocycles. The highest BCUT2D eigenvalue weighted by Crippen LogP contribution is 2.37. The summed E-state index contributed by atoms with van der Waals surface area (Å²) in [6, 6.07) is 1.10. The largest absolute Gasteiger partial charge is 0.504 e. The predicted octanol–water partition coefficient (Wildman–Crippen LogP) is 2.77. The zero-order valence-electron chi connectivity index (χ0n) is 11.8. The Bertz CT molecular complexity index is 697. The number of phenols is 1. The first-order chi connectivity index (χ1) is 10.4. The van der Waals surface area contributed by atoms with Crippen LogP contribution in [0.2, 0.25) is 0 Å². The lowest BCUT2D eigenvalue weighted by molar-refractivity contribution is -0.222. The van der Waals surface area contributed by atoms with Gasteiger partial charge < -0.3 is 14.6 Å². The molecule has 0 saturated carbocycles. The summed E-state index contributed by atoms with van der Waals surface area (Å²) in [5.41, 5.74) is -2.86. The molecular formula is C14H10F4O5. The molecule has 5 nitrogen and oxygen atoms in total. The van der Waals surface area contributed by atoms with E-state index in [2.05, 4.69) is 0 Å². The average molecular weight is 334 g/mol. The average Bonchev–Trinajstić information content (AvgIpc) is 2.35. The van der Waals surface area contributed by atoms with Gasteiger partial charge in [0.25, 0.3) is 5.79 Å². The summed E-state index contributed by atoms with van der Waals surface area (Å²) < 4.78 is 60.7. The van der Waals surface area contributed by atoms with Gasteiger partial charge in [0.15, 0.2) is 11.6 Å². The standard InChI is InChI=1S/C14H10F4O5/c1-13(2)22-11(20)7(12(21)23-13)5-6-3-4-8(14(16,17)18)9(15)10(6)19/h3-5,19H,1-2H3. The Labute approximate surface area is 127 Å². The van der Waals surface area contributed by atoms with Crippen molar-refractivity contribution in [3.05, 3.63) is 34.6 Å². The Morgan fingerprint density at radius 2 is 1.65 bits per heavy atom. The third kappa shape index (κ3) is 3.27. The fraction of sp³-hybridized carbons (Fsp3) is 0.286. The van der Waals surface area contributed by atoms with E-state index in [4.69, 9.17) is 9.47 Å². The van der Waals surface area contributed by atoms with E-state index < -0.39 is 52.2 Å². The highest BCUT2D eigenvalue weighted by atomic mass is 19.4. The molecule has 0 amide bonds. The predicted molar refractivity (Wildman–Crippen MR) is 67.3 cm³/mol. The molecule has 1 aliphatic rings. The van der Waals surface area contributed by atoms with Gasteiger partial charge in [0.2, 0.25) is 0 Å². The summed E-state index contributed by atoms with van der Waals surface area (Å²) in [6.07, 6.45) is -4.31. The fourth-order valence-corrected chi connectivity index (χ4v) is 1.85. The number of benzene rings is 1. The molecule has 1 aromatic rings. The maximum atomic E-state index is 13.6. The molecule has 124 valence electrons. The quantitative estimate of drug-likeness (QED) is 0.370. The number of esters is 2. The highest BCUT2D eigenvalue weighted by Gasteiger charge is 2.40. The van der Waals surface area contributed by atoms with Crippen LogP contribution in [0.1, 0.15) is 25.0 Å². The molecule has 0 radical (unpaired) electrons. The summed E-state index contributed by atoms with van der Waals surface area (Å²) in [5.74, 6) is -6.97. The van der Waals surface area contributed by atoms with Gasteiger partial charge in [-0.3, -0.25) is 0 Å². The second kappa shape index (κ2) is 5.25. The second-order valence-corrected chi connectivity index (χ2v) is 5.10. The van der Waals surface area contributed by atoms with Gasteiger partial charge in [-0.25, -0.2) is 14.0 Å². The molecular weight excluding hydrogens is 324 g/mol. The van der Waals surface area contributed by atoms with E-state index >= 15 is 0 Å². The van der Waals surface area contributed by atoms with Crippen molar-refractivity contribution >= 4 is 18.0 Å². The number of alkyl halides is 3. The van der Waals surface area contributed by atoms with E-state index in [1.165, 1.54) is 13.8 Å². The molecule has 0 unspecified atom stereocenters. The lowest BCUT2D eigenvalue weighted by Crippen LogP contribution is -2.41. The number of ether oxygens (including phenoxy) is 2. The van der Waals surface area contributed by atoms with Gasteiger partial charge in [-0.1, -0.05) is 6.07 Å². The Kier molecular flexibility index (Phi) is 3.83.